The predicted molar refractivity (Wildman–Crippen MR) is 111 cm³/mol. The van der Waals surface area contributed by atoms with E-state index < -0.39 is 6.04 Å². The Morgan fingerprint density at radius 1 is 1.26 bits per heavy atom. The van der Waals surface area contributed by atoms with Gasteiger partial charge < -0.3 is 19.8 Å². The summed E-state index contributed by atoms with van der Waals surface area (Å²) in [4.78, 5) is 51.0. The van der Waals surface area contributed by atoms with Crippen LogP contribution in [0.25, 0.3) is 0 Å². The van der Waals surface area contributed by atoms with Crippen molar-refractivity contribution in [3.63, 3.8) is 0 Å². The number of carboxylic acid groups (broad SMARTS) is 1. The predicted octanol–water partition coefficient (Wildman–Crippen LogP) is 1.88. The molecular weight excluding hydrogens is 405 g/mol. The summed E-state index contributed by atoms with van der Waals surface area (Å²) in [6.45, 7) is 1.40. The number of likely N-dealkylation sites (N-methyl/N-ethyl adjacent to an activating group) is 1. The molecule has 3 rings (SSSR count). The largest absolute Gasteiger partial charge is 0.483 e. The van der Waals surface area contributed by atoms with Crippen molar-refractivity contribution < 1.29 is 28.7 Å². The summed E-state index contributed by atoms with van der Waals surface area (Å²) in [7, 11) is 1.79. The van der Waals surface area contributed by atoms with Crippen LogP contribution in [0.15, 0.2) is 24.3 Å². The molecule has 2 aliphatic rings. The third kappa shape index (κ3) is 6.50. The molecule has 0 unspecified atom stereocenters. The first-order chi connectivity index (χ1) is 14.8. The Morgan fingerprint density at radius 3 is 2.52 bits per heavy atom. The fourth-order valence-corrected chi connectivity index (χ4v) is 4.09. The molecule has 170 valence electrons. The minimum atomic E-state index is -0.710. The lowest BCUT2D eigenvalue weighted by molar-refractivity contribution is -0.158. The first-order valence-electron chi connectivity index (χ1n) is 10.4. The van der Waals surface area contributed by atoms with E-state index in [1.165, 1.54) is 28.4 Å². The molecule has 1 heterocycles. The second kappa shape index (κ2) is 11.4. The number of carbonyl (C=O) groups is 4. The molecule has 9 heteroatoms. The van der Waals surface area contributed by atoms with Crippen LogP contribution < -0.4 is 0 Å². The molecule has 1 N–H and O–H groups in total. The van der Waals surface area contributed by atoms with Crippen LogP contribution in [0.2, 0.25) is 0 Å². The zero-order chi connectivity index (χ0) is 23.0. The number of amides is 3. The zero-order valence-electron chi connectivity index (χ0n) is 18.0. The number of carbonyl (C=O) groups excluding carboxylic acids is 3. The van der Waals surface area contributed by atoms with Crippen molar-refractivity contribution in [3.8, 4) is 0 Å². The second-order valence-electron chi connectivity index (χ2n) is 7.92. The SMILES string of the molecule is C[C@H]1C(=O)N(Cc2cccc(F)c2)CC(=O)N1CC(=O)N(C)C1CCCCC1.O=CO. The van der Waals surface area contributed by atoms with Crippen molar-refractivity contribution in [1.82, 2.24) is 14.7 Å². The summed E-state index contributed by atoms with van der Waals surface area (Å²) in [5.41, 5.74) is 0.634. The molecule has 1 saturated heterocycles. The van der Waals surface area contributed by atoms with E-state index in [2.05, 4.69) is 0 Å². The van der Waals surface area contributed by atoms with Gasteiger partial charge in [-0.05, 0) is 37.5 Å². The summed E-state index contributed by atoms with van der Waals surface area (Å²) in [6, 6.07) is 5.51. The topological polar surface area (TPSA) is 98.2 Å². The van der Waals surface area contributed by atoms with Crippen LogP contribution in [0.1, 0.15) is 44.6 Å². The van der Waals surface area contributed by atoms with Crippen LogP contribution in [-0.2, 0) is 25.7 Å². The normalized spacial score (nSPS) is 19.5. The molecule has 1 saturated carbocycles. The van der Waals surface area contributed by atoms with Crippen LogP contribution >= 0.6 is 0 Å². The Bertz CT molecular complexity index is 797. The summed E-state index contributed by atoms with van der Waals surface area (Å²) >= 11 is 0. The van der Waals surface area contributed by atoms with E-state index in [1.54, 1.807) is 31.0 Å². The standard InChI is InChI=1S/C21H28FN3O3.CH2O2/c1-15-21(28)24(12-16-7-6-8-17(22)11-16)13-20(27)25(15)14-19(26)23(2)18-9-4-3-5-10-18;2-1-3/h6-8,11,15,18H,3-5,9-10,12-14H2,1-2H3;1H,(H,2,3)/t15-;/m0./s1. The van der Waals surface area contributed by atoms with Gasteiger partial charge in [-0.3, -0.25) is 19.2 Å². The molecule has 1 atom stereocenters. The Kier molecular flexibility index (Phi) is 8.96. The minimum Gasteiger partial charge on any atom is -0.483 e. The Balaban J connectivity index is 0.00000107. The number of nitrogens with zero attached hydrogens (tertiary/aromatic N) is 3. The second-order valence-corrected chi connectivity index (χ2v) is 7.92. The molecule has 3 amide bonds. The molecule has 1 aliphatic carbocycles. The Morgan fingerprint density at radius 2 is 1.90 bits per heavy atom. The van der Waals surface area contributed by atoms with Crippen molar-refractivity contribution in [2.24, 2.45) is 0 Å². The fraction of sp³-hybridized carbons (Fsp3) is 0.545. The lowest BCUT2D eigenvalue weighted by Crippen LogP contribution is -2.60. The van der Waals surface area contributed by atoms with Crippen LogP contribution in [0, 0.1) is 5.82 Å². The maximum atomic E-state index is 13.4. The number of benzene rings is 1. The smallest absolute Gasteiger partial charge is 0.290 e. The van der Waals surface area contributed by atoms with Gasteiger partial charge in [0.2, 0.25) is 17.7 Å². The average Bonchev–Trinajstić information content (AvgIpc) is 2.75. The van der Waals surface area contributed by atoms with Gasteiger partial charge in [-0.2, -0.15) is 0 Å². The minimum absolute atomic E-state index is 0.0768. The molecule has 1 aromatic rings. The van der Waals surface area contributed by atoms with Crippen molar-refractivity contribution in [3.05, 3.63) is 35.6 Å². The maximum Gasteiger partial charge on any atom is 0.290 e. The van der Waals surface area contributed by atoms with Gasteiger partial charge in [0.1, 0.15) is 24.9 Å². The third-order valence-electron chi connectivity index (χ3n) is 5.87. The Labute approximate surface area is 181 Å². The van der Waals surface area contributed by atoms with E-state index in [0.717, 1.165) is 25.7 Å². The van der Waals surface area contributed by atoms with E-state index in [4.69, 9.17) is 9.90 Å². The summed E-state index contributed by atoms with van der Waals surface area (Å²) in [5.74, 6) is -0.983. The summed E-state index contributed by atoms with van der Waals surface area (Å²) < 4.78 is 13.4. The first kappa shape index (κ1) is 24.3. The molecule has 1 aliphatic heterocycles. The molecule has 0 spiro atoms. The highest BCUT2D eigenvalue weighted by molar-refractivity contribution is 5.96. The number of halogens is 1. The number of hydrogen-bond acceptors (Lipinski definition) is 4. The molecule has 0 bridgehead atoms. The van der Waals surface area contributed by atoms with Crippen molar-refractivity contribution >= 4 is 24.2 Å². The van der Waals surface area contributed by atoms with Gasteiger partial charge in [-0.15, -0.1) is 0 Å². The van der Waals surface area contributed by atoms with E-state index >= 15 is 0 Å². The fourth-order valence-electron chi connectivity index (χ4n) is 4.09. The number of rotatable bonds is 5. The van der Waals surface area contributed by atoms with Crippen LogP contribution in [0.3, 0.4) is 0 Å². The molecule has 2 fully saturated rings. The maximum absolute atomic E-state index is 13.4. The first-order valence-corrected chi connectivity index (χ1v) is 10.4. The van der Waals surface area contributed by atoms with E-state index in [-0.39, 0.29) is 55.7 Å². The summed E-state index contributed by atoms with van der Waals surface area (Å²) in [6.07, 6.45) is 5.43. The van der Waals surface area contributed by atoms with Crippen molar-refractivity contribution in [2.45, 2.75) is 57.7 Å². The van der Waals surface area contributed by atoms with Crippen LogP contribution in [0.5, 0.6) is 0 Å². The van der Waals surface area contributed by atoms with Gasteiger partial charge in [0.25, 0.3) is 6.47 Å². The van der Waals surface area contributed by atoms with Gasteiger partial charge in [0, 0.05) is 19.6 Å². The van der Waals surface area contributed by atoms with Crippen molar-refractivity contribution in [2.75, 3.05) is 20.1 Å². The highest BCUT2D eigenvalue weighted by Gasteiger charge is 2.38. The van der Waals surface area contributed by atoms with Crippen LogP contribution in [-0.4, -0.2) is 76.2 Å². The van der Waals surface area contributed by atoms with Crippen molar-refractivity contribution in [1.29, 1.82) is 0 Å². The van der Waals surface area contributed by atoms with Gasteiger partial charge in [0.05, 0.1) is 0 Å². The van der Waals surface area contributed by atoms with E-state index in [0.29, 0.717) is 5.56 Å². The molecule has 8 nitrogen and oxygen atoms in total. The summed E-state index contributed by atoms with van der Waals surface area (Å²) in [5, 5.41) is 6.89. The molecule has 0 aromatic heterocycles. The van der Waals surface area contributed by atoms with E-state index in [1.807, 2.05) is 0 Å². The Hall–Kier alpha value is -2.97. The number of hydrogen-bond donors (Lipinski definition) is 1. The van der Waals surface area contributed by atoms with E-state index in [9.17, 15) is 18.8 Å². The molecular formula is C22H30FN3O5. The number of piperazine rings is 1. The van der Waals surface area contributed by atoms with Crippen LogP contribution in [0.4, 0.5) is 4.39 Å². The zero-order valence-corrected chi connectivity index (χ0v) is 18.0. The van der Waals surface area contributed by atoms with Gasteiger partial charge in [-0.1, -0.05) is 31.4 Å². The molecule has 31 heavy (non-hydrogen) atoms. The average molecular weight is 435 g/mol. The third-order valence-corrected chi connectivity index (χ3v) is 5.87. The van der Waals surface area contributed by atoms with Gasteiger partial charge in [0.15, 0.2) is 0 Å². The molecule has 1 aromatic carbocycles. The van der Waals surface area contributed by atoms with Gasteiger partial charge in [-0.25, -0.2) is 4.39 Å². The monoisotopic (exact) mass is 435 g/mol. The highest BCUT2D eigenvalue weighted by atomic mass is 19.1. The lowest BCUT2D eigenvalue weighted by Gasteiger charge is -2.40. The lowest BCUT2D eigenvalue weighted by atomic mass is 9.94. The molecule has 0 radical (unpaired) electrons. The quantitative estimate of drug-likeness (QED) is 0.712. The van der Waals surface area contributed by atoms with Gasteiger partial charge >= 0.3 is 0 Å². The highest BCUT2D eigenvalue weighted by Crippen LogP contribution is 2.22.